The van der Waals surface area contributed by atoms with Crippen molar-refractivity contribution in [1.29, 1.82) is 0 Å². The number of aryl methyl sites for hydroxylation is 1. The van der Waals surface area contributed by atoms with Gasteiger partial charge in [0.2, 0.25) is 0 Å². The Kier molecular flexibility index (Phi) is 4.26. The summed E-state index contributed by atoms with van der Waals surface area (Å²) in [5.74, 6) is 1.33. The van der Waals surface area contributed by atoms with E-state index in [0.717, 1.165) is 59.6 Å². The Hall–Kier alpha value is -3.22. The van der Waals surface area contributed by atoms with Crippen LogP contribution in [0, 0.1) is 18.6 Å². The molecule has 1 saturated carbocycles. The zero-order chi connectivity index (χ0) is 23.1. The van der Waals surface area contributed by atoms with E-state index >= 15 is 4.39 Å². The Labute approximate surface area is 191 Å². The van der Waals surface area contributed by atoms with Crippen molar-refractivity contribution in [2.75, 3.05) is 5.32 Å². The van der Waals surface area contributed by atoms with Crippen LogP contribution in [-0.2, 0) is 12.1 Å². The number of benzene rings is 2. The van der Waals surface area contributed by atoms with E-state index in [1.54, 1.807) is 6.07 Å². The van der Waals surface area contributed by atoms with Crippen LogP contribution in [0.3, 0.4) is 0 Å². The lowest BCUT2D eigenvalue weighted by Gasteiger charge is -2.35. The van der Waals surface area contributed by atoms with E-state index in [2.05, 4.69) is 27.0 Å². The number of rotatable bonds is 4. The second-order valence-electron chi connectivity index (χ2n) is 9.89. The van der Waals surface area contributed by atoms with Gasteiger partial charge in [-0.2, -0.15) is 0 Å². The van der Waals surface area contributed by atoms with Crippen molar-refractivity contribution in [2.45, 2.75) is 65.0 Å². The first-order valence-corrected chi connectivity index (χ1v) is 11.7. The SMILES string of the molecule is CCCn1ccc2c(-c3cc(F)c4c(c3C)-n3c(C5CC5)nnc3C(C)(C)N4)cc(F)cc21. The molecule has 0 unspecified atom stereocenters. The first kappa shape index (κ1) is 20.4. The molecule has 33 heavy (non-hydrogen) atoms. The molecule has 0 saturated heterocycles. The lowest BCUT2D eigenvalue weighted by Crippen LogP contribution is -2.37. The summed E-state index contributed by atoms with van der Waals surface area (Å²) in [4.78, 5) is 0. The molecule has 1 aliphatic heterocycles. The van der Waals surface area contributed by atoms with Crippen molar-refractivity contribution in [1.82, 2.24) is 19.3 Å². The van der Waals surface area contributed by atoms with Gasteiger partial charge in [0.25, 0.3) is 0 Å². The number of hydrogen-bond donors (Lipinski definition) is 1. The zero-order valence-electron chi connectivity index (χ0n) is 19.3. The molecule has 0 amide bonds. The number of nitrogens with one attached hydrogen (secondary N) is 1. The van der Waals surface area contributed by atoms with Crippen LogP contribution in [-0.4, -0.2) is 19.3 Å². The monoisotopic (exact) mass is 447 g/mol. The van der Waals surface area contributed by atoms with Crippen molar-refractivity contribution >= 4 is 16.6 Å². The lowest BCUT2D eigenvalue weighted by atomic mass is 9.92. The second kappa shape index (κ2) is 6.89. The van der Waals surface area contributed by atoms with Gasteiger partial charge in [-0.05, 0) is 81.0 Å². The van der Waals surface area contributed by atoms with Gasteiger partial charge in [0.15, 0.2) is 5.82 Å². The molecule has 2 aromatic carbocycles. The van der Waals surface area contributed by atoms with Crippen molar-refractivity contribution in [2.24, 2.45) is 0 Å². The predicted molar refractivity (Wildman–Crippen MR) is 126 cm³/mol. The number of fused-ring (bicyclic) bond motifs is 4. The predicted octanol–water partition coefficient (Wildman–Crippen LogP) is 6.42. The number of nitrogens with zero attached hydrogens (tertiary/aromatic N) is 4. The van der Waals surface area contributed by atoms with Crippen molar-refractivity contribution in [3.05, 3.63) is 59.3 Å². The fraction of sp³-hybridized carbons (Fsp3) is 0.385. The maximum Gasteiger partial charge on any atom is 0.162 e. The third kappa shape index (κ3) is 2.94. The van der Waals surface area contributed by atoms with Gasteiger partial charge < -0.3 is 9.88 Å². The zero-order valence-corrected chi connectivity index (χ0v) is 19.3. The molecular weight excluding hydrogens is 420 g/mol. The van der Waals surface area contributed by atoms with Gasteiger partial charge in [-0.1, -0.05) is 6.92 Å². The first-order valence-electron chi connectivity index (χ1n) is 11.7. The van der Waals surface area contributed by atoms with E-state index in [1.165, 1.54) is 12.1 Å². The van der Waals surface area contributed by atoms with Gasteiger partial charge >= 0.3 is 0 Å². The number of anilines is 1. The van der Waals surface area contributed by atoms with Crippen LogP contribution >= 0.6 is 0 Å². The average molecular weight is 448 g/mol. The Morgan fingerprint density at radius 1 is 1.12 bits per heavy atom. The van der Waals surface area contributed by atoms with Crippen LogP contribution in [0.2, 0.25) is 0 Å². The van der Waals surface area contributed by atoms with Crippen molar-refractivity contribution < 1.29 is 8.78 Å². The van der Waals surface area contributed by atoms with E-state index in [-0.39, 0.29) is 11.6 Å². The summed E-state index contributed by atoms with van der Waals surface area (Å²) in [5.41, 5.74) is 3.72. The minimum Gasteiger partial charge on any atom is -0.369 e. The Morgan fingerprint density at radius 3 is 2.64 bits per heavy atom. The Morgan fingerprint density at radius 2 is 1.91 bits per heavy atom. The summed E-state index contributed by atoms with van der Waals surface area (Å²) in [5, 5.41) is 13.3. The molecule has 170 valence electrons. The molecule has 0 spiro atoms. The molecule has 4 aromatic rings. The van der Waals surface area contributed by atoms with Gasteiger partial charge in [0.1, 0.15) is 17.5 Å². The molecule has 0 bridgehead atoms. The summed E-state index contributed by atoms with van der Waals surface area (Å²) < 4.78 is 34.6. The normalized spacial score (nSPS) is 16.5. The van der Waals surface area contributed by atoms with E-state index in [1.807, 2.05) is 37.6 Å². The van der Waals surface area contributed by atoms with Crippen LogP contribution in [0.15, 0.2) is 30.5 Å². The molecule has 1 N–H and O–H groups in total. The fourth-order valence-electron chi connectivity index (χ4n) is 5.23. The lowest BCUT2D eigenvalue weighted by molar-refractivity contribution is 0.520. The van der Waals surface area contributed by atoms with E-state index in [0.29, 0.717) is 22.7 Å². The minimum atomic E-state index is -0.564. The van der Waals surface area contributed by atoms with Crippen LogP contribution in [0.1, 0.15) is 63.2 Å². The van der Waals surface area contributed by atoms with Gasteiger partial charge in [0.05, 0.1) is 22.4 Å². The smallest absolute Gasteiger partial charge is 0.162 e. The highest BCUT2D eigenvalue weighted by atomic mass is 19.1. The van der Waals surface area contributed by atoms with Crippen molar-refractivity contribution in [3.63, 3.8) is 0 Å². The molecule has 1 fully saturated rings. The summed E-state index contributed by atoms with van der Waals surface area (Å²) in [7, 11) is 0. The first-order chi connectivity index (χ1) is 15.8. The van der Waals surface area contributed by atoms with E-state index in [4.69, 9.17) is 0 Å². The summed E-state index contributed by atoms with van der Waals surface area (Å²) in [6.45, 7) is 8.86. The summed E-state index contributed by atoms with van der Waals surface area (Å²) in [6, 6.07) is 6.61. The second-order valence-corrected chi connectivity index (χ2v) is 9.89. The van der Waals surface area contributed by atoms with E-state index < -0.39 is 5.54 Å². The molecule has 0 radical (unpaired) electrons. The quantitative estimate of drug-likeness (QED) is 0.392. The van der Waals surface area contributed by atoms with Crippen LogP contribution < -0.4 is 5.32 Å². The molecule has 7 heteroatoms. The van der Waals surface area contributed by atoms with Gasteiger partial charge in [-0.15, -0.1) is 10.2 Å². The average Bonchev–Trinajstić information content (AvgIpc) is 3.38. The number of hydrogen-bond acceptors (Lipinski definition) is 3. The molecular formula is C26H27F2N5. The van der Waals surface area contributed by atoms with Crippen molar-refractivity contribution in [3.8, 4) is 16.8 Å². The molecule has 2 aromatic heterocycles. The molecule has 2 aliphatic rings. The highest BCUT2D eigenvalue weighted by molar-refractivity contribution is 5.98. The highest BCUT2D eigenvalue weighted by Gasteiger charge is 2.41. The maximum atomic E-state index is 15.7. The molecule has 6 rings (SSSR count). The highest BCUT2D eigenvalue weighted by Crippen LogP contribution is 2.48. The van der Waals surface area contributed by atoms with E-state index in [9.17, 15) is 4.39 Å². The molecule has 0 atom stereocenters. The fourth-order valence-corrected chi connectivity index (χ4v) is 5.23. The van der Waals surface area contributed by atoms with Gasteiger partial charge in [-0.3, -0.25) is 4.57 Å². The molecule has 1 aliphatic carbocycles. The maximum absolute atomic E-state index is 15.7. The molecule has 3 heterocycles. The Bertz CT molecular complexity index is 1420. The molecule has 5 nitrogen and oxygen atoms in total. The summed E-state index contributed by atoms with van der Waals surface area (Å²) in [6.07, 6.45) is 5.06. The number of aromatic nitrogens is 4. The standard InChI is InChI=1S/C26H27F2N5/c1-5-9-32-10-8-17-19(11-16(27)12-21(17)32)18-13-20(28)22-23(14(18)2)33-24(15-6-7-15)30-31-25(33)26(3,4)29-22/h8,10-13,15,29H,5-7,9H2,1-4H3. The Balaban J connectivity index is 1.64. The van der Waals surface area contributed by atoms with Gasteiger partial charge in [0, 0.05) is 24.0 Å². The topological polar surface area (TPSA) is 47.7 Å². The minimum absolute atomic E-state index is 0.325. The van der Waals surface area contributed by atoms with Crippen LogP contribution in [0.4, 0.5) is 14.5 Å². The largest absolute Gasteiger partial charge is 0.369 e. The van der Waals surface area contributed by atoms with Crippen LogP contribution in [0.5, 0.6) is 0 Å². The third-order valence-corrected chi connectivity index (χ3v) is 6.96. The summed E-state index contributed by atoms with van der Waals surface area (Å²) >= 11 is 0. The van der Waals surface area contributed by atoms with Crippen LogP contribution in [0.25, 0.3) is 27.7 Å². The number of halogens is 2. The third-order valence-electron chi connectivity index (χ3n) is 6.96. The van der Waals surface area contributed by atoms with Gasteiger partial charge in [-0.25, -0.2) is 8.78 Å².